The van der Waals surface area contributed by atoms with Gasteiger partial charge in [-0.3, -0.25) is 52.7 Å². The first-order valence-corrected chi connectivity index (χ1v) is 26.3. The van der Waals surface area contributed by atoms with Gasteiger partial charge in [0, 0.05) is 30.9 Å². The summed E-state index contributed by atoms with van der Waals surface area (Å²) in [7, 11) is 2.04. The van der Waals surface area contributed by atoms with Crippen molar-refractivity contribution in [3.05, 3.63) is 53.6 Å². The largest absolute Gasteiger partial charge is 0.508 e. The van der Waals surface area contributed by atoms with E-state index in [0.29, 0.717) is 44.2 Å². The molecule has 25 nitrogen and oxygen atoms in total. The van der Waals surface area contributed by atoms with Crippen LogP contribution in [0.3, 0.4) is 0 Å². The number of allylic oxidation sites excluding steroid dienone is 3. The second-order valence-electron chi connectivity index (χ2n) is 17.7. The third-order valence-corrected chi connectivity index (χ3v) is 14.4. The molecular formula is C46H67N13O12S2. The van der Waals surface area contributed by atoms with E-state index in [0.717, 1.165) is 27.2 Å². The molecule has 4 rings (SSSR count). The smallest absolute Gasteiger partial charge is 0.246 e. The van der Waals surface area contributed by atoms with Crippen molar-refractivity contribution in [1.29, 1.82) is 0 Å². The second kappa shape index (κ2) is 29.7. The van der Waals surface area contributed by atoms with Crippen LogP contribution in [0.2, 0.25) is 0 Å². The summed E-state index contributed by atoms with van der Waals surface area (Å²) in [5, 5.41) is 27.8. The quantitative estimate of drug-likeness (QED) is 0.0358. The van der Waals surface area contributed by atoms with Crippen LogP contribution in [0, 0.1) is 0 Å². The summed E-state index contributed by atoms with van der Waals surface area (Å²) < 4.78 is 0. The van der Waals surface area contributed by atoms with Gasteiger partial charge < -0.3 is 75.9 Å². The fourth-order valence-electron chi connectivity index (χ4n) is 8.02. The van der Waals surface area contributed by atoms with Gasteiger partial charge in [0.2, 0.25) is 65.0 Å². The topological polar surface area (TPSA) is 426 Å². The maximum Gasteiger partial charge on any atom is 0.246 e. The van der Waals surface area contributed by atoms with Gasteiger partial charge in [-0.25, -0.2) is 0 Å². The van der Waals surface area contributed by atoms with Gasteiger partial charge in [-0.1, -0.05) is 57.5 Å². The minimum atomic E-state index is -1.77. The molecular weight excluding hydrogens is 991 g/mol. The highest BCUT2D eigenvalue weighted by atomic mass is 33.1. The van der Waals surface area contributed by atoms with Gasteiger partial charge >= 0.3 is 0 Å². The summed E-state index contributed by atoms with van der Waals surface area (Å²) in [6.07, 6.45) is 6.37. The predicted octanol–water partition coefficient (Wildman–Crippen LogP) is -3.91. The van der Waals surface area contributed by atoms with Crippen LogP contribution >= 0.6 is 21.6 Å². The number of hydrogen-bond donors (Lipinski definition) is 13. The average molecular weight is 1060 g/mol. The molecule has 0 unspecified atom stereocenters. The SMILES string of the molecule is NCCCC[C@H](NC(=O)[C@@H]1CCCN1C(=O)[C@@H]1CSSC[C@H](N)C(=O)N[C@@H](Cc2ccc(O)cc2)C(=O)N[C@H](CC2=CCC=CC2)C(=O)N[C@@H](CCC(N)=O)C(=O)N[C@@H](CC(N)=O)C(=O)N1)C(=O)NCC(N)=O. The van der Waals surface area contributed by atoms with E-state index in [1.165, 1.54) is 29.2 Å². The van der Waals surface area contributed by atoms with Gasteiger partial charge in [-0.05, 0) is 82.0 Å². The number of hydrogen-bond acceptors (Lipinski definition) is 16. The van der Waals surface area contributed by atoms with E-state index in [1.54, 1.807) is 0 Å². The number of unbranched alkanes of at least 4 members (excludes halogenated alkanes) is 1. The zero-order valence-corrected chi connectivity index (χ0v) is 41.9. The molecule has 400 valence electrons. The number of amides is 11. The van der Waals surface area contributed by atoms with Crippen LogP contribution in [0.25, 0.3) is 0 Å². The fourth-order valence-corrected chi connectivity index (χ4v) is 10.3. The van der Waals surface area contributed by atoms with Crippen LogP contribution in [0.4, 0.5) is 0 Å². The lowest BCUT2D eigenvalue weighted by atomic mass is 9.97. The lowest BCUT2D eigenvalue weighted by Crippen LogP contribution is -2.61. The Labute approximate surface area is 429 Å². The molecule has 2 aliphatic heterocycles. The van der Waals surface area contributed by atoms with E-state index in [9.17, 15) is 57.8 Å². The Hall–Kier alpha value is -6.71. The molecule has 0 aromatic heterocycles. The van der Waals surface area contributed by atoms with Crippen LogP contribution in [0.5, 0.6) is 5.75 Å². The van der Waals surface area contributed by atoms with Crippen molar-refractivity contribution < 1.29 is 57.8 Å². The molecule has 0 radical (unpaired) electrons. The van der Waals surface area contributed by atoms with Gasteiger partial charge in [0.25, 0.3) is 0 Å². The zero-order chi connectivity index (χ0) is 53.6. The Bertz CT molecular complexity index is 2250. The average Bonchev–Trinajstić information content (AvgIpc) is 3.85. The summed E-state index contributed by atoms with van der Waals surface area (Å²) in [5.41, 5.74) is 29.4. The lowest BCUT2D eigenvalue weighted by molar-refractivity contribution is -0.142. The maximum atomic E-state index is 14.6. The van der Waals surface area contributed by atoms with E-state index in [2.05, 4.69) is 37.2 Å². The number of phenols is 1. The van der Waals surface area contributed by atoms with E-state index in [-0.39, 0.29) is 49.5 Å². The number of aromatic hydroxyl groups is 1. The molecule has 8 atom stereocenters. The number of phenolic OH excluding ortho intramolecular Hbond substituents is 1. The molecule has 27 heteroatoms. The van der Waals surface area contributed by atoms with Gasteiger partial charge in [0.1, 0.15) is 48.0 Å². The Morgan fingerprint density at radius 3 is 2.03 bits per heavy atom. The normalized spacial score (nSPS) is 24.0. The second-order valence-corrected chi connectivity index (χ2v) is 20.3. The minimum absolute atomic E-state index is 0.0361. The number of rotatable bonds is 19. The van der Waals surface area contributed by atoms with Crippen molar-refractivity contribution in [3.8, 4) is 5.75 Å². The summed E-state index contributed by atoms with van der Waals surface area (Å²) in [4.78, 5) is 149. The van der Waals surface area contributed by atoms with Crippen molar-refractivity contribution in [1.82, 2.24) is 42.1 Å². The van der Waals surface area contributed by atoms with Crippen LogP contribution in [-0.2, 0) is 59.2 Å². The van der Waals surface area contributed by atoms with Crippen LogP contribution in [0.1, 0.15) is 76.2 Å². The molecule has 73 heavy (non-hydrogen) atoms. The zero-order valence-electron chi connectivity index (χ0n) is 40.3. The number of carbonyl (C=O) groups is 11. The standard InChI is InChI=1S/C46H67N13O12S2/c47-17-5-4-9-29(40(65)52-22-38(51)63)54-45(70)35-10-6-18-59(35)46(71)34-24-73-72-23-28(48)39(64)55-31(20-26-11-13-27(60)14-12-26)43(68)56-32(19-25-7-2-1-3-8-25)42(67)53-30(15-16-36(49)61)41(66)57-33(21-37(50)62)44(69)58-34/h1-2,8,11-14,28-35,60H,3-7,9-10,15-24,47-48H2,(H2,49,61)(H2,50,62)(H2,51,63)(H,52,65)(H,53,67)(H,54,70)(H,55,64)(H,56,68)(H,57,66)(H,58,69)/t28-,29-,30-,31-,32+,33-,34-,35-/m0/s1. The summed E-state index contributed by atoms with van der Waals surface area (Å²) in [5.74, 6) is -9.88. The van der Waals surface area contributed by atoms with Crippen molar-refractivity contribution in [2.24, 2.45) is 28.7 Å². The molecule has 0 spiro atoms. The van der Waals surface area contributed by atoms with E-state index in [4.69, 9.17) is 28.7 Å². The molecule has 1 aromatic rings. The van der Waals surface area contributed by atoms with Gasteiger partial charge in [0.05, 0.1) is 19.0 Å². The molecule has 3 aliphatic rings. The van der Waals surface area contributed by atoms with Gasteiger partial charge in [-0.2, -0.15) is 0 Å². The number of nitrogens with two attached hydrogens (primary N) is 5. The first-order chi connectivity index (χ1) is 34.8. The predicted molar refractivity (Wildman–Crippen MR) is 269 cm³/mol. The van der Waals surface area contributed by atoms with Crippen LogP contribution < -0.4 is 65.9 Å². The molecule has 2 fully saturated rings. The molecule has 0 bridgehead atoms. The number of primary amides is 3. The molecule has 1 aromatic carbocycles. The van der Waals surface area contributed by atoms with Crippen molar-refractivity contribution in [2.45, 2.75) is 125 Å². The molecule has 18 N–H and O–H groups in total. The van der Waals surface area contributed by atoms with E-state index >= 15 is 0 Å². The van der Waals surface area contributed by atoms with Crippen LogP contribution in [-0.4, -0.2) is 154 Å². The molecule has 0 saturated carbocycles. The van der Waals surface area contributed by atoms with Crippen molar-refractivity contribution >= 4 is 86.6 Å². The number of likely N-dealkylation sites (tertiary alicyclic amines) is 1. The van der Waals surface area contributed by atoms with Crippen molar-refractivity contribution in [2.75, 3.05) is 31.1 Å². The summed E-state index contributed by atoms with van der Waals surface area (Å²) >= 11 is 0. The van der Waals surface area contributed by atoms with E-state index in [1.807, 2.05) is 18.2 Å². The third kappa shape index (κ3) is 19.7. The number of benzene rings is 1. The van der Waals surface area contributed by atoms with Crippen LogP contribution in [0.15, 0.2) is 48.1 Å². The highest BCUT2D eigenvalue weighted by Gasteiger charge is 2.40. The Morgan fingerprint density at radius 1 is 0.753 bits per heavy atom. The highest BCUT2D eigenvalue weighted by molar-refractivity contribution is 8.76. The maximum absolute atomic E-state index is 14.6. The third-order valence-electron chi connectivity index (χ3n) is 11.9. The fraction of sp³-hybridized carbons (Fsp3) is 0.543. The first kappa shape index (κ1) is 58.9. The summed E-state index contributed by atoms with van der Waals surface area (Å²) in [6.45, 7) is -0.140. The van der Waals surface area contributed by atoms with Gasteiger partial charge in [0.15, 0.2) is 0 Å². The molecule has 11 amide bonds. The first-order valence-electron chi connectivity index (χ1n) is 23.8. The lowest BCUT2D eigenvalue weighted by Gasteiger charge is -2.31. The van der Waals surface area contributed by atoms with Crippen molar-refractivity contribution in [3.63, 3.8) is 0 Å². The Balaban J connectivity index is 1.71. The monoisotopic (exact) mass is 1060 g/mol. The Morgan fingerprint density at radius 2 is 1.38 bits per heavy atom. The number of nitrogens with one attached hydrogen (secondary N) is 7. The minimum Gasteiger partial charge on any atom is -0.508 e. The van der Waals surface area contributed by atoms with Gasteiger partial charge in [-0.15, -0.1) is 0 Å². The molecule has 1 aliphatic carbocycles. The molecule has 2 saturated heterocycles. The molecule has 2 heterocycles. The number of carbonyl (C=O) groups excluding carboxylic acids is 11. The number of nitrogens with zero attached hydrogens (tertiary/aromatic N) is 1. The summed E-state index contributed by atoms with van der Waals surface area (Å²) in [6, 6.07) is -5.23. The Kier molecular flexibility index (Phi) is 24.0. The highest BCUT2D eigenvalue weighted by Crippen LogP contribution is 2.26. The van der Waals surface area contributed by atoms with E-state index < -0.39 is 139 Å².